The molecular formula is C21H30N2O. The normalized spacial score (nSPS) is 24.3. The van der Waals surface area contributed by atoms with E-state index in [9.17, 15) is 4.79 Å². The van der Waals surface area contributed by atoms with Crippen molar-refractivity contribution < 1.29 is 4.79 Å². The summed E-state index contributed by atoms with van der Waals surface area (Å²) in [5.41, 5.74) is 3.60. The number of nitrogens with zero attached hydrogens (tertiary/aromatic N) is 2. The summed E-state index contributed by atoms with van der Waals surface area (Å²) in [6.45, 7) is 8.25. The first-order chi connectivity index (χ1) is 11.6. The van der Waals surface area contributed by atoms with Crippen molar-refractivity contribution in [3.05, 3.63) is 34.9 Å². The lowest BCUT2D eigenvalue weighted by Gasteiger charge is -2.39. The number of benzene rings is 1. The maximum atomic E-state index is 13.2. The van der Waals surface area contributed by atoms with Crippen LogP contribution in [-0.4, -0.2) is 47.9 Å². The van der Waals surface area contributed by atoms with Gasteiger partial charge in [0.25, 0.3) is 0 Å². The van der Waals surface area contributed by atoms with Crippen LogP contribution >= 0.6 is 0 Å². The van der Waals surface area contributed by atoms with Crippen LogP contribution in [-0.2, 0) is 10.2 Å². The number of hydrogen-bond donors (Lipinski definition) is 0. The van der Waals surface area contributed by atoms with Gasteiger partial charge in [0.05, 0.1) is 5.41 Å². The maximum absolute atomic E-state index is 13.2. The first kappa shape index (κ1) is 16.1. The van der Waals surface area contributed by atoms with E-state index in [1.165, 1.54) is 42.4 Å². The Kier molecular flexibility index (Phi) is 4.16. The van der Waals surface area contributed by atoms with Gasteiger partial charge in [-0.25, -0.2) is 0 Å². The van der Waals surface area contributed by atoms with Crippen LogP contribution in [0.5, 0.6) is 0 Å². The van der Waals surface area contributed by atoms with E-state index in [4.69, 9.17) is 0 Å². The van der Waals surface area contributed by atoms with E-state index >= 15 is 0 Å². The molecule has 0 spiro atoms. The van der Waals surface area contributed by atoms with Crippen LogP contribution in [0.25, 0.3) is 0 Å². The predicted molar refractivity (Wildman–Crippen MR) is 97.2 cm³/mol. The average molecular weight is 326 g/mol. The highest BCUT2D eigenvalue weighted by Gasteiger charge is 2.53. The number of carbonyl (C=O) groups is 1. The van der Waals surface area contributed by atoms with E-state index in [1.54, 1.807) is 0 Å². The number of piperazine rings is 1. The van der Waals surface area contributed by atoms with Gasteiger partial charge in [0.1, 0.15) is 0 Å². The van der Waals surface area contributed by atoms with Crippen molar-refractivity contribution in [2.24, 2.45) is 0 Å². The lowest BCUT2D eigenvalue weighted by molar-refractivity contribution is -0.136. The van der Waals surface area contributed by atoms with Crippen LogP contribution in [0.4, 0.5) is 0 Å². The summed E-state index contributed by atoms with van der Waals surface area (Å²) in [7, 11) is 0. The Labute approximate surface area is 146 Å². The molecule has 4 rings (SSSR count). The van der Waals surface area contributed by atoms with Crippen molar-refractivity contribution >= 4 is 5.91 Å². The largest absolute Gasteiger partial charge is 0.339 e. The average Bonchev–Trinajstić information content (AvgIpc) is 3.20. The number of carbonyl (C=O) groups excluding carboxylic acids is 1. The molecule has 1 amide bonds. The molecule has 130 valence electrons. The Hall–Kier alpha value is -1.35. The molecule has 1 saturated heterocycles. The van der Waals surface area contributed by atoms with E-state index in [-0.39, 0.29) is 5.41 Å². The van der Waals surface area contributed by atoms with Crippen molar-refractivity contribution in [2.45, 2.75) is 63.8 Å². The smallest absolute Gasteiger partial charge is 0.233 e. The van der Waals surface area contributed by atoms with E-state index in [0.29, 0.717) is 5.91 Å². The van der Waals surface area contributed by atoms with Crippen LogP contribution in [0.3, 0.4) is 0 Å². The Morgan fingerprint density at radius 3 is 2.08 bits per heavy atom. The zero-order valence-electron chi connectivity index (χ0n) is 15.2. The van der Waals surface area contributed by atoms with E-state index < -0.39 is 0 Å². The van der Waals surface area contributed by atoms with Gasteiger partial charge in [-0.05, 0) is 45.1 Å². The molecule has 1 aromatic rings. The fraction of sp³-hybridized carbons (Fsp3) is 0.667. The molecule has 0 aromatic heterocycles. The van der Waals surface area contributed by atoms with Gasteiger partial charge in [-0.1, -0.05) is 42.2 Å². The lowest BCUT2D eigenvalue weighted by atomic mass is 9.91. The van der Waals surface area contributed by atoms with Crippen molar-refractivity contribution in [1.29, 1.82) is 0 Å². The fourth-order valence-electron chi connectivity index (χ4n) is 4.86. The summed E-state index contributed by atoms with van der Waals surface area (Å²) in [6.07, 6.45) is 7.55. The molecule has 2 aliphatic carbocycles. The maximum Gasteiger partial charge on any atom is 0.233 e. The first-order valence-corrected chi connectivity index (χ1v) is 9.71. The Balaban J connectivity index is 1.44. The number of hydrogen-bond acceptors (Lipinski definition) is 2. The Morgan fingerprint density at radius 2 is 1.54 bits per heavy atom. The van der Waals surface area contributed by atoms with E-state index in [1.807, 2.05) is 0 Å². The van der Waals surface area contributed by atoms with Gasteiger partial charge in [-0.3, -0.25) is 9.69 Å². The van der Waals surface area contributed by atoms with E-state index in [2.05, 4.69) is 41.8 Å². The summed E-state index contributed by atoms with van der Waals surface area (Å²) < 4.78 is 0. The summed E-state index contributed by atoms with van der Waals surface area (Å²) in [4.78, 5) is 18.0. The molecular weight excluding hydrogens is 296 g/mol. The minimum atomic E-state index is -0.202. The molecule has 1 aromatic carbocycles. The van der Waals surface area contributed by atoms with Gasteiger partial charge in [0, 0.05) is 32.2 Å². The third-order valence-electron chi connectivity index (χ3n) is 6.38. The van der Waals surface area contributed by atoms with Gasteiger partial charge in [-0.2, -0.15) is 0 Å². The summed E-state index contributed by atoms with van der Waals surface area (Å²) >= 11 is 0. The molecule has 3 heteroatoms. The second-order valence-corrected chi connectivity index (χ2v) is 8.22. The highest BCUT2D eigenvalue weighted by Crippen LogP contribution is 2.50. The molecule has 3 fully saturated rings. The van der Waals surface area contributed by atoms with Gasteiger partial charge in [0.2, 0.25) is 5.91 Å². The molecule has 1 heterocycles. The first-order valence-electron chi connectivity index (χ1n) is 9.71. The third kappa shape index (κ3) is 2.88. The zero-order valence-corrected chi connectivity index (χ0v) is 15.2. The fourth-order valence-corrected chi connectivity index (χ4v) is 4.86. The quantitative estimate of drug-likeness (QED) is 0.850. The molecule has 0 N–H and O–H groups in total. The summed E-state index contributed by atoms with van der Waals surface area (Å²) in [6, 6.07) is 7.45. The van der Waals surface area contributed by atoms with Gasteiger partial charge in [-0.15, -0.1) is 0 Å². The lowest BCUT2D eigenvalue weighted by Crippen LogP contribution is -2.53. The minimum Gasteiger partial charge on any atom is -0.339 e. The van der Waals surface area contributed by atoms with Crippen LogP contribution in [0, 0.1) is 13.8 Å². The molecule has 2 saturated carbocycles. The summed E-state index contributed by atoms with van der Waals surface area (Å²) in [5, 5.41) is 0. The molecule has 0 radical (unpaired) electrons. The minimum absolute atomic E-state index is 0.202. The molecule has 3 nitrogen and oxygen atoms in total. The standard InChI is InChI=1S/C21H30N2O/c1-16-13-17(2)15-18(14-16)21(7-8-21)20(24)23-11-9-22(10-12-23)19-5-3-4-6-19/h13-15,19H,3-12H2,1-2H3. The molecule has 24 heavy (non-hydrogen) atoms. The van der Waals surface area contributed by atoms with Crippen molar-refractivity contribution in [2.75, 3.05) is 26.2 Å². The number of rotatable bonds is 3. The van der Waals surface area contributed by atoms with Crippen molar-refractivity contribution in [3.63, 3.8) is 0 Å². The Morgan fingerprint density at radius 1 is 0.958 bits per heavy atom. The third-order valence-corrected chi connectivity index (χ3v) is 6.38. The topological polar surface area (TPSA) is 23.6 Å². The van der Waals surface area contributed by atoms with Crippen LogP contribution < -0.4 is 0 Å². The molecule has 0 atom stereocenters. The van der Waals surface area contributed by atoms with Gasteiger partial charge in [0.15, 0.2) is 0 Å². The second kappa shape index (κ2) is 6.18. The van der Waals surface area contributed by atoms with E-state index in [0.717, 1.165) is 45.1 Å². The van der Waals surface area contributed by atoms with Crippen LogP contribution in [0.2, 0.25) is 0 Å². The van der Waals surface area contributed by atoms with Crippen LogP contribution in [0.15, 0.2) is 18.2 Å². The van der Waals surface area contributed by atoms with Crippen molar-refractivity contribution in [3.8, 4) is 0 Å². The molecule has 1 aliphatic heterocycles. The molecule has 0 bridgehead atoms. The molecule has 3 aliphatic rings. The highest BCUT2D eigenvalue weighted by molar-refractivity contribution is 5.91. The SMILES string of the molecule is Cc1cc(C)cc(C2(C(=O)N3CCN(C4CCCC4)CC3)CC2)c1. The predicted octanol–water partition coefficient (Wildman–Crippen LogP) is 3.42. The van der Waals surface area contributed by atoms with Gasteiger partial charge >= 0.3 is 0 Å². The number of aryl methyl sites for hydroxylation is 2. The zero-order chi connectivity index (χ0) is 16.7. The van der Waals surface area contributed by atoms with Crippen molar-refractivity contribution in [1.82, 2.24) is 9.80 Å². The highest BCUT2D eigenvalue weighted by atomic mass is 16.2. The Bertz CT molecular complexity index is 600. The molecule has 0 unspecified atom stereocenters. The van der Waals surface area contributed by atoms with Crippen LogP contribution in [0.1, 0.15) is 55.2 Å². The second-order valence-electron chi connectivity index (χ2n) is 8.22. The summed E-state index contributed by atoms with van der Waals surface area (Å²) in [5.74, 6) is 0.388. The van der Waals surface area contributed by atoms with Gasteiger partial charge < -0.3 is 4.90 Å². The monoisotopic (exact) mass is 326 g/mol. The number of amides is 1.